The lowest BCUT2D eigenvalue weighted by Gasteiger charge is -2.07. The lowest BCUT2D eigenvalue weighted by molar-refractivity contribution is 0.0690. The third-order valence-corrected chi connectivity index (χ3v) is 2.24. The average molecular weight is 248 g/mol. The quantitative estimate of drug-likeness (QED) is 0.894. The van der Waals surface area contributed by atoms with Crippen LogP contribution >= 0.6 is 0 Å². The Hall–Kier alpha value is -2.50. The Balaban J connectivity index is 2.16. The Bertz CT molecular complexity index is 575. The van der Waals surface area contributed by atoms with Crippen molar-refractivity contribution >= 4 is 5.97 Å². The molecule has 2 aromatic rings. The molecule has 1 aromatic carbocycles. The number of benzene rings is 1. The van der Waals surface area contributed by atoms with E-state index < -0.39 is 11.8 Å². The van der Waals surface area contributed by atoms with Crippen LogP contribution in [-0.2, 0) is 6.61 Å². The first-order chi connectivity index (χ1) is 8.68. The highest BCUT2D eigenvalue weighted by Gasteiger charge is 2.13. The van der Waals surface area contributed by atoms with Gasteiger partial charge in [-0.05, 0) is 12.1 Å². The van der Waals surface area contributed by atoms with E-state index in [0.29, 0.717) is 5.56 Å². The highest BCUT2D eigenvalue weighted by Crippen LogP contribution is 2.16. The van der Waals surface area contributed by atoms with Gasteiger partial charge in [-0.15, -0.1) is 5.10 Å². The standard InChI is InChI=1S/C12H9FN2O3/c13-10-4-2-1-3-8(10)7-18-11-9(12(16)17)5-6-14-15-11/h1-6H,7H2,(H,16,17). The van der Waals surface area contributed by atoms with Crippen molar-refractivity contribution in [3.05, 3.63) is 53.5 Å². The van der Waals surface area contributed by atoms with Crippen LogP contribution in [0.3, 0.4) is 0 Å². The monoisotopic (exact) mass is 248 g/mol. The lowest BCUT2D eigenvalue weighted by atomic mass is 10.2. The minimum atomic E-state index is -1.17. The summed E-state index contributed by atoms with van der Waals surface area (Å²) in [4.78, 5) is 10.9. The smallest absolute Gasteiger partial charge is 0.341 e. The number of carbonyl (C=O) groups is 1. The minimum absolute atomic E-state index is 0.106. The molecule has 0 atom stereocenters. The van der Waals surface area contributed by atoms with E-state index >= 15 is 0 Å². The van der Waals surface area contributed by atoms with Crippen molar-refractivity contribution in [2.75, 3.05) is 0 Å². The van der Waals surface area contributed by atoms with Crippen LogP contribution in [-0.4, -0.2) is 21.3 Å². The highest BCUT2D eigenvalue weighted by molar-refractivity contribution is 5.89. The second-order valence-corrected chi connectivity index (χ2v) is 3.44. The zero-order valence-corrected chi connectivity index (χ0v) is 9.21. The van der Waals surface area contributed by atoms with E-state index in [4.69, 9.17) is 9.84 Å². The Kier molecular flexibility index (Phi) is 3.47. The number of carboxylic acids is 1. The Labute approximate surface area is 102 Å². The molecule has 0 saturated heterocycles. The van der Waals surface area contributed by atoms with Crippen LogP contribution in [0.4, 0.5) is 4.39 Å². The summed E-state index contributed by atoms with van der Waals surface area (Å²) in [6, 6.07) is 7.34. The van der Waals surface area contributed by atoms with E-state index in [1.165, 1.54) is 18.3 Å². The van der Waals surface area contributed by atoms with Gasteiger partial charge in [0.15, 0.2) is 0 Å². The number of hydrogen-bond acceptors (Lipinski definition) is 4. The summed E-state index contributed by atoms with van der Waals surface area (Å²) < 4.78 is 18.5. The number of aromatic carboxylic acids is 1. The molecule has 1 N–H and O–H groups in total. The summed E-state index contributed by atoms with van der Waals surface area (Å²) in [7, 11) is 0. The van der Waals surface area contributed by atoms with Gasteiger partial charge in [-0.25, -0.2) is 9.18 Å². The van der Waals surface area contributed by atoms with Gasteiger partial charge < -0.3 is 9.84 Å². The summed E-state index contributed by atoms with van der Waals surface area (Å²) in [6.45, 7) is -0.106. The van der Waals surface area contributed by atoms with Gasteiger partial charge in [-0.1, -0.05) is 18.2 Å². The largest absolute Gasteiger partial charge is 0.477 e. The predicted octanol–water partition coefficient (Wildman–Crippen LogP) is 1.89. The number of ether oxygens (including phenoxy) is 1. The molecule has 0 aliphatic heterocycles. The fraction of sp³-hybridized carbons (Fsp3) is 0.0833. The van der Waals surface area contributed by atoms with Crippen molar-refractivity contribution in [3.63, 3.8) is 0 Å². The summed E-state index contributed by atoms with van der Waals surface area (Å²) in [5.74, 6) is -1.72. The molecule has 0 bridgehead atoms. The number of halogens is 1. The minimum Gasteiger partial charge on any atom is -0.477 e. The van der Waals surface area contributed by atoms with Crippen LogP contribution in [0.1, 0.15) is 15.9 Å². The van der Waals surface area contributed by atoms with Gasteiger partial charge in [-0.2, -0.15) is 5.10 Å². The molecule has 1 aromatic heterocycles. The Morgan fingerprint density at radius 3 is 2.83 bits per heavy atom. The van der Waals surface area contributed by atoms with Crippen LogP contribution in [0.2, 0.25) is 0 Å². The zero-order chi connectivity index (χ0) is 13.0. The molecule has 92 valence electrons. The average Bonchev–Trinajstić information content (AvgIpc) is 2.38. The molecule has 0 amide bonds. The fourth-order valence-electron chi connectivity index (χ4n) is 1.35. The third kappa shape index (κ3) is 2.60. The normalized spacial score (nSPS) is 10.1. The van der Waals surface area contributed by atoms with Gasteiger partial charge >= 0.3 is 5.97 Å². The van der Waals surface area contributed by atoms with Gasteiger partial charge in [0.2, 0.25) is 5.88 Å². The van der Waals surface area contributed by atoms with Crippen LogP contribution in [0, 0.1) is 5.82 Å². The maximum absolute atomic E-state index is 13.3. The topological polar surface area (TPSA) is 72.3 Å². The van der Waals surface area contributed by atoms with E-state index in [9.17, 15) is 9.18 Å². The van der Waals surface area contributed by atoms with Gasteiger partial charge in [0.1, 0.15) is 18.0 Å². The first kappa shape index (κ1) is 12.0. The van der Waals surface area contributed by atoms with Gasteiger partial charge in [-0.3, -0.25) is 0 Å². The molecule has 0 radical (unpaired) electrons. The van der Waals surface area contributed by atoms with Gasteiger partial charge in [0.25, 0.3) is 0 Å². The van der Waals surface area contributed by atoms with Crippen LogP contribution in [0.15, 0.2) is 36.5 Å². The Morgan fingerprint density at radius 2 is 2.11 bits per heavy atom. The first-order valence-corrected chi connectivity index (χ1v) is 5.09. The van der Waals surface area contributed by atoms with Crippen molar-refractivity contribution < 1.29 is 19.0 Å². The maximum Gasteiger partial charge on any atom is 0.341 e. The van der Waals surface area contributed by atoms with E-state index in [1.807, 2.05) is 0 Å². The number of rotatable bonds is 4. The molecule has 0 saturated carbocycles. The molecular formula is C12H9FN2O3. The van der Waals surface area contributed by atoms with Crippen molar-refractivity contribution in [2.24, 2.45) is 0 Å². The molecule has 0 fully saturated rings. The van der Waals surface area contributed by atoms with Crippen molar-refractivity contribution in [3.8, 4) is 5.88 Å². The summed E-state index contributed by atoms with van der Waals surface area (Å²) in [5.41, 5.74) is 0.209. The van der Waals surface area contributed by atoms with Gasteiger partial charge in [0, 0.05) is 5.56 Å². The molecular weight excluding hydrogens is 239 g/mol. The van der Waals surface area contributed by atoms with E-state index in [0.717, 1.165) is 0 Å². The Morgan fingerprint density at radius 1 is 1.33 bits per heavy atom. The molecule has 6 heteroatoms. The molecule has 18 heavy (non-hydrogen) atoms. The third-order valence-electron chi connectivity index (χ3n) is 2.24. The van der Waals surface area contributed by atoms with Crippen LogP contribution < -0.4 is 4.74 Å². The predicted molar refractivity (Wildman–Crippen MR) is 59.7 cm³/mol. The summed E-state index contributed by atoms with van der Waals surface area (Å²) in [6.07, 6.45) is 1.25. The van der Waals surface area contributed by atoms with E-state index in [2.05, 4.69) is 10.2 Å². The van der Waals surface area contributed by atoms with Crippen molar-refractivity contribution in [1.82, 2.24) is 10.2 Å². The number of hydrogen-bond donors (Lipinski definition) is 1. The highest BCUT2D eigenvalue weighted by atomic mass is 19.1. The second kappa shape index (κ2) is 5.22. The van der Waals surface area contributed by atoms with E-state index in [-0.39, 0.29) is 18.1 Å². The molecule has 0 spiro atoms. The van der Waals surface area contributed by atoms with E-state index in [1.54, 1.807) is 18.2 Å². The van der Waals surface area contributed by atoms with Crippen LogP contribution in [0.5, 0.6) is 5.88 Å². The SMILES string of the molecule is O=C(O)c1ccnnc1OCc1ccccc1F. The van der Waals surface area contributed by atoms with Crippen LogP contribution in [0.25, 0.3) is 0 Å². The number of nitrogens with zero attached hydrogens (tertiary/aromatic N) is 2. The summed E-state index contributed by atoms with van der Waals surface area (Å²) in [5, 5.41) is 16.0. The van der Waals surface area contributed by atoms with Gasteiger partial charge in [0.05, 0.1) is 6.20 Å². The molecule has 0 unspecified atom stereocenters. The lowest BCUT2D eigenvalue weighted by Crippen LogP contribution is -2.06. The van der Waals surface area contributed by atoms with Crippen molar-refractivity contribution in [1.29, 1.82) is 0 Å². The number of aromatic nitrogens is 2. The zero-order valence-electron chi connectivity index (χ0n) is 9.21. The molecule has 0 aliphatic carbocycles. The summed E-state index contributed by atoms with van der Waals surface area (Å²) >= 11 is 0. The van der Waals surface area contributed by atoms with Crippen molar-refractivity contribution in [2.45, 2.75) is 6.61 Å². The molecule has 2 rings (SSSR count). The molecule has 5 nitrogen and oxygen atoms in total. The first-order valence-electron chi connectivity index (χ1n) is 5.09. The molecule has 0 aliphatic rings. The molecule has 1 heterocycles. The fourth-order valence-corrected chi connectivity index (χ4v) is 1.35. The number of carboxylic acid groups (broad SMARTS) is 1. The maximum atomic E-state index is 13.3. The second-order valence-electron chi connectivity index (χ2n) is 3.44.